The summed E-state index contributed by atoms with van der Waals surface area (Å²) in [5.41, 5.74) is 8.73. The number of piperidine rings is 2. The van der Waals surface area contributed by atoms with Crippen molar-refractivity contribution in [3.05, 3.63) is 93.7 Å². The molecule has 288 valence electrons. The van der Waals surface area contributed by atoms with Crippen molar-refractivity contribution in [2.75, 3.05) is 50.5 Å². The summed E-state index contributed by atoms with van der Waals surface area (Å²) in [6.07, 6.45) is 6.18. The molecule has 0 aliphatic carbocycles. The Morgan fingerprint density at radius 1 is 0.778 bits per heavy atom. The summed E-state index contributed by atoms with van der Waals surface area (Å²) in [7, 11) is 0. The maximum Gasteiger partial charge on any atom is 0.375 e. The highest BCUT2D eigenvalue weighted by Gasteiger charge is 2.25. The van der Waals surface area contributed by atoms with Gasteiger partial charge in [-0.1, -0.05) is 99.3 Å². The third-order valence-corrected chi connectivity index (χ3v) is 11.5. The lowest BCUT2D eigenvalue weighted by atomic mass is 9.97. The Morgan fingerprint density at radius 3 is 1.78 bits per heavy atom. The number of aromatic nitrogens is 5. The van der Waals surface area contributed by atoms with E-state index in [1.54, 1.807) is 35.9 Å². The number of hydrogen-bond acceptors (Lipinski definition) is 14. The average Bonchev–Trinajstić information content (AvgIpc) is 3.93. The third-order valence-electron chi connectivity index (χ3n) is 9.00. The second kappa shape index (κ2) is 21.1. The Hall–Kier alpha value is -4.09. The summed E-state index contributed by atoms with van der Waals surface area (Å²) in [6, 6.07) is 21.3. The number of nitrogen functional groups attached to an aromatic ring is 1. The van der Waals surface area contributed by atoms with Gasteiger partial charge in [0, 0.05) is 24.9 Å². The van der Waals surface area contributed by atoms with E-state index >= 15 is 0 Å². The van der Waals surface area contributed by atoms with Crippen molar-refractivity contribution < 1.29 is 23.9 Å². The summed E-state index contributed by atoms with van der Waals surface area (Å²) in [4.78, 5) is 42.6. The van der Waals surface area contributed by atoms with Gasteiger partial charge in [-0.2, -0.15) is 5.10 Å². The molecule has 7 rings (SSSR count). The van der Waals surface area contributed by atoms with Gasteiger partial charge in [-0.15, -0.1) is 10.2 Å². The Morgan fingerprint density at radius 2 is 1.31 bits per heavy atom. The van der Waals surface area contributed by atoms with Crippen LogP contribution in [0.2, 0.25) is 0 Å². The number of nitrogens with two attached hydrogens (primary N) is 1. The smallest absolute Gasteiger partial charge is 0.375 e. The number of nitrogens with zero attached hydrogens (tertiary/aromatic N) is 7. The number of anilines is 1. The van der Waals surface area contributed by atoms with Crippen LogP contribution in [0, 0.1) is 0 Å². The number of Topliss-reactive ketones (excluding diaryl/α,β-unsaturated/α-hetero) is 1. The van der Waals surface area contributed by atoms with E-state index < -0.39 is 11.8 Å². The molecule has 0 atom stereocenters. The predicted octanol–water partition coefficient (Wildman–Crippen LogP) is 6.36. The first-order valence-electron chi connectivity index (χ1n) is 18.2. The van der Waals surface area contributed by atoms with Gasteiger partial charge in [0.25, 0.3) is 0 Å². The normalized spacial score (nSPS) is 15.5. The van der Waals surface area contributed by atoms with E-state index in [0.717, 1.165) is 79.9 Å². The highest BCUT2D eigenvalue weighted by atomic mass is 79.9. The van der Waals surface area contributed by atoms with Gasteiger partial charge >= 0.3 is 11.9 Å². The minimum atomic E-state index is -0.769. The molecule has 0 unspecified atom stereocenters. The molecular weight excluding hydrogens is 793 g/mol. The molecule has 0 radical (unpaired) electrons. The number of halogens is 1. The zero-order valence-corrected chi connectivity index (χ0v) is 33.9. The Bertz CT molecular complexity index is 1870. The summed E-state index contributed by atoms with van der Waals surface area (Å²) < 4.78 is 11.1. The molecule has 54 heavy (non-hydrogen) atoms. The van der Waals surface area contributed by atoms with Gasteiger partial charge < -0.3 is 15.2 Å². The van der Waals surface area contributed by atoms with Gasteiger partial charge in [0.1, 0.15) is 10.0 Å². The first-order valence-corrected chi connectivity index (χ1v) is 20.9. The Kier molecular flexibility index (Phi) is 16.1. The van der Waals surface area contributed by atoms with E-state index in [-0.39, 0.29) is 17.9 Å². The topological polar surface area (TPSA) is 158 Å². The zero-order chi connectivity index (χ0) is 38.3. The second-order valence-corrected chi connectivity index (χ2v) is 15.4. The van der Waals surface area contributed by atoms with Crippen LogP contribution in [0.3, 0.4) is 0 Å². The lowest BCUT2D eigenvalue weighted by molar-refractivity contribution is -0.152. The van der Waals surface area contributed by atoms with E-state index in [1.807, 2.05) is 0 Å². The quantitative estimate of drug-likeness (QED) is 0.0893. The van der Waals surface area contributed by atoms with Crippen LogP contribution < -0.4 is 5.73 Å². The van der Waals surface area contributed by atoms with Crippen molar-refractivity contribution in [2.45, 2.75) is 64.5 Å². The van der Waals surface area contributed by atoms with Crippen LogP contribution >= 0.6 is 38.6 Å². The lowest BCUT2D eigenvalue weighted by Crippen LogP contribution is -2.32. The van der Waals surface area contributed by atoms with Gasteiger partial charge in [-0.3, -0.25) is 14.6 Å². The van der Waals surface area contributed by atoms with E-state index in [9.17, 15) is 14.4 Å². The highest BCUT2D eigenvalue weighted by molar-refractivity contribution is 9.09. The number of likely N-dealkylation sites (tertiary alicyclic amines) is 2. The van der Waals surface area contributed by atoms with Crippen LogP contribution in [0.1, 0.15) is 83.0 Å². The molecule has 13 nitrogen and oxygen atoms in total. The standard InChI is InChI=1S/C19H22N4O2S.C14H18N4S.C5H7BrO3/c1-2-25-18(24)16-13-23-19(20-16)26-17(21-23)15-8-10-22(11-9-15)12-14-6-4-3-5-7-14;15-14-17-16-13(19-14)12-6-8-18(9-7-12)10-11-4-2-1-3-5-11;1-2-9-5(8)4(7)3-6/h3-7,13,15H,2,8-12H2,1H3;1-5,12H,6-10H2,(H2,15,17);2-3H2,1H3. The van der Waals surface area contributed by atoms with Crippen molar-refractivity contribution in [3.8, 4) is 0 Å². The highest BCUT2D eigenvalue weighted by Crippen LogP contribution is 2.32. The predicted molar refractivity (Wildman–Crippen MR) is 214 cm³/mol. The van der Waals surface area contributed by atoms with Crippen LogP contribution in [0.4, 0.5) is 5.13 Å². The number of benzene rings is 2. The fourth-order valence-corrected chi connectivity index (χ4v) is 8.28. The van der Waals surface area contributed by atoms with Crippen molar-refractivity contribution in [1.29, 1.82) is 0 Å². The molecule has 2 aliphatic rings. The second-order valence-electron chi connectivity index (χ2n) is 12.8. The van der Waals surface area contributed by atoms with Gasteiger partial charge in [0.15, 0.2) is 5.69 Å². The molecule has 0 amide bonds. The largest absolute Gasteiger partial charge is 0.461 e. The first-order chi connectivity index (χ1) is 26.3. The Labute approximate surface area is 332 Å². The van der Waals surface area contributed by atoms with E-state index in [0.29, 0.717) is 29.3 Å². The number of ether oxygens (including phenoxy) is 2. The van der Waals surface area contributed by atoms with Crippen molar-refractivity contribution in [3.63, 3.8) is 0 Å². The summed E-state index contributed by atoms with van der Waals surface area (Å²) in [5, 5.41) is 15.6. The number of esters is 2. The minimum Gasteiger partial charge on any atom is -0.461 e. The number of ketones is 1. The summed E-state index contributed by atoms with van der Waals surface area (Å²) in [5.74, 6) is -0.686. The van der Waals surface area contributed by atoms with E-state index in [2.05, 4.69) is 111 Å². The number of alkyl halides is 1. The fourth-order valence-electron chi connectivity index (χ4n) is 6.22. The minimum absolute atomic E-state index is 0.0336. The Balaban J connectivity index is 0.000000175. The zero-order valence-electron chi connectivity index (χ0n) is 30.6. The van der Waals surface area contributed by atoms with E-state index in [1.165, 1.54) is 22.5 Å². The molecule has 2 fully saturated rings. The number of carbonyl (C=O) groups excluding carboxylic acids is 3. The molecular formula is C38H47BrN8O5S2. The first kappa shape index (κ1) is 41.1. The fraction of sp³-hybridized carbons (Fsp3) is 0.447. The molecule has 2 N–H and O–H groups in total. The molecule has 5 heterocycles. The molecule has 5 aromatic rings. The summed E-state index contributed by atoms with van der Waals surface area (Å²) >= 11 is 5.95. The molecule has 2 saturated heterocycles. The third kappa shape index (κ3) is 12.2. The molecule has 3 aromatic heterocycles. The van der Waals surface area contributed by atoms with E-state index in [4.69, 9.17) is 10.5 Å². The number of imidazole rings is 1. The average molecular weight is 840 g/mol. The molecule has 2 aliphatic heterocycles. The van der Waals surface area contributed by atoms with Crippen LogP contribution in [-0.4, -0.2) is 97.0 Å². The van der Waals surface area contributed by atoms with Crippen LogP contribution in [-0.2, 0) is 32.2 Å². The summed E-state index contributed by atoms with van der Waals surface area (Å²) in [6.45, 7) is 10.5. The van der Waals surface area contributed by atoms with Gasteiger partial charge in [0.05, 0.1) is 24.7 Å². The van der Waals surface area contributed by atoms with Crippen molar-refractivity contribution >= 4 is 66.4 Å². The van der Waals surface area contributed by atoms with Gasteiger partial charge in [-0.05, 0) is 76.8 Å². The molecule has 16 heteroatoms. The number of hydrogen-bond donors (Lipinski definition) is 1. The SMILES string of the molecule is CCOC(=O)C(=O)CBr.CCOC(=O)c1cn2nc(C3CCN(Cc4ccccc4)CC3)sc2n1.Nc1nnc(C2CCN(Cc3ccccc3)CC2)s1. The maximum atomic E-state index is 11.8. The van der Waals surface area contributed by atoms with Crippen molar-refractivity contribution in [1.82, 2.24) is 34.6 Å². The number of carbonyl (C=O) groups is 3. The van der Waals surface area contributed by atoms with Gasteiger partial charge in [0.2, 0.25) is 15.9 Å². The molecule has 0 saturated carbocycles. The van der Waals surface area contributed by atoms with Crippen LogP contribution in [0.15, 0.2) is 66.9 Å². The maximum absolute atomic E-state index is 11.8. The monoisotopic (exact) mass is 838 g/mol. The molecule has 0 spiro atoms. The number of rotatable bonds is 11. The van der Waals surface area contributed by atoms with Crippen LogP contribution in [0.5, 0.6) is 0 Å². The molecule has 2 aromatic carbocycles. The van der Waals surface area contributed by atoms with Crippen LogP contribution in [0.25, 0.3) is 4.96 Å². The van der Waals surface area contributed by atoms with Gasteiger partial charge in [-0.25, -0.2) is 19.1 Å². The molecule has 0 bridgehead atoms. The number of fused-ring (bicyclic) bond motifs is 1. The van der Waals surface area contributed by atoms with Crippen molar-refractivity contribution in [2.24, 2.45) is 0 Å². The lowest BCUT2D eigenvalue weighted by Gasteiger charge is -2.30.